The Bertz CT molecular complexity index is 1130. The number of fused-ring (bicyclic) bond motifs is 3. The van der Waals surface area contributed by atoms with E-state index in [4.69, 9.17) is 9.47 Å². The van der Waals surface area contributed by atoms with Crippen LogP contribution < -0.4 is 9.64 Å². The summed E-state index contributed by atoms with van der Waals surface area (Å²) in [6.45, 7) is 1.08. The number of hydrogen-bond donors (Lipinski definition) is 0. The first kappa shape index (κ1) is 23.2. The number of carbonyl (C=O) groups is 2. The summed E-state index contributed by atoms with van der Waals surface area (Å²) in [5.41, 5.74) is -2.98. The third kappa shape index (κ3) is 3.56. The number of ether oxygens (including phenoxy) is 2. The molecule has 0 saturated carbocycles. The summed E-state index contributed by atoms with van der Waals surface area (Å²) in [6, 6.07) is 10.4. The number of amides is 2. The van der Waals surface area contributed by atoms with E-state index in [1.165, 1.54) is 31.1 Å². The lowest BCUT2D eigenvalue weighted by Gasteiger charge is -2.49. The van der Waals surface area contributed by atoms with E-state index in [0.717, 1.165) is 6.08 Å². The Labute approximate surface area is 196 Å². The van der Waals surface area contributed by atoms with Gasteiger partial charge in [-0.25, -0.2) is 9.59 Å². The second-order valence-electron chi connectivity index (χ2n) is 7.54. The molecule has 2 aliphatic heterocycles. The number of benzene rings is 2. The predicted molar refractivity (Wildman–Crippen MR) is 118 cm³/mol. The van der Waals surface area contributed by atoms with Gasteiger partial charge in [0.25, 0.3) is 0 Å². The van der Waals surface area contributed by atoms with Gasteiger partial charge in [-0.2, -0.15) is 13.2 Å². The largest absolute Gasteiger partial charge is 0.497 e. The van der Waals surface area contributed by atoms with Gasteiger partial charge in [0, 0.05) is 16.6 Å². The van der Waals surface area contributed by atoms with Crippen LogP contribution in [0.5, 0.6) is 5.75 Å². The van der Waals surface area contributed by atoms with Gasteiger partial charge in [0.15, 0.2) is 0 Å². The van der Waals surface area contributed by atoms with E-state index < -0.39 is 29.3 Å². The number of esters is 1. The highest BCUT2D eigenvalue weighted by atomic mass is 79.9. The Morgan fingerprint density at radius 2 is 1.88 bits per heavy atom. The second-order valence-corrected chi connectivity index (χ2v) is 8.45. The zero-order valence-corrected chi connectivity index (χ0v) is 19.4. The lowest BCUT2D eigenvalue weighted by atomic mass is 9.79. The van der Waals surface area contributed by atoms with Gasteiger partial charge in [-0.15, -0.1) is 0 Å². The van der Waals surface area contributed by atoms with Crippen LogP contribution in [0.25, 0.3) is 0 Å². The van der Waals surface area contributed by atoms with Crippen molar-refractivity contribution in [2.24, 2.45) is 0 Å². The summed E-state index contributed by atoms with van der Waals surface area (Å²) in [5.74, 6) is -0.480. The number of nitrogens with zero attached hydrogens (tertiary/aromatic N) is 2. The molecule has 2 amide bonds. The van der Waals surface area contributed by atoms with E-state index in [1.54, 1.807) is 30.3 Å². The smallest absolute Gasteiger partial charge is 0.420 e. The first-order valence-corrected chi connectivity index (χ1v) is 10.9. The lowest BCUT2D eigenvalue weighted by Crippen LogP contribution is -2.64. The molecule has 0 fully saturated rings. The molecular formula is C23H20BrF3N2O4. The molecule has 0 aliphatic carbocycles. The predicted octanol–water partition coefficient (Wildman–Crippen LogP) is 5.16. The van der Waals surface area contributed by atoms with E-state index in [-0.39, 0.29) is 30.9 Å². The Morgan fingerprint density at radius 3 is 2.48 bits per heavy atom. The van der Waals surface area contributed by atoms with Crippen LogP contribution in [0.3, 0.4) is 0 Å². The zero-order valence-electron chi connectivity index (χ0n) is 17.8. The molecule has 4 rings (SSSR count). The molecule has 0 N–H and O–H groups in total. The fraction of sp³-hybridized carbons (Fsp3) is 0.304. The van der Waals surface area contributed by atoms with Crippen molar-refractivity contribution in [3.05, 3.63) is 69.7 Å². The molecule has 6 nitrogen and oxygen atoms in total. The van der Waals surface area contributed by atoms with E-state index in [9.17, 15) is 22.8 Å². The number of halogens is 4. The Balaban J connectivity index is 1.89. The first-order valence-electron chi connectivity index (χ1n) is 10.1. The summed E-state index contributed by atoms with van der Waals surface area (Å²) in [4.78, 5) is 28.1. The quantitative estimate of drug-likeness (QED) is 0.507. The number of alkyl halides is 3. The standard InChI is InChI=1S/C23H20BrF3N2O4/c1-3-33-20(30)17-10-11-29-21(31)28(13-14-4-7-16(32-2)8-5-14)19-9-6-15(24)12-18(19)22(17,29)23(25,26)27/h4-10,12H,3,11,13H2,1-2H3. The van der Waals surface area contributed by atoms with Crippen LogP contribution in [0.2, 0.25) is 0 Å². The van der Waals surface area contributed by atoms with Gasteiger partial charge in [0.2, 0.25) is 5.54 Å². The SMILES string of the molecule is CCOC(=O)C1=CCN2C(=O)N(Cc3ccc(OC)cc3)c3ccc(Br)cc3C12C(F)(F)F. The van der Waals surface area contributed by atoms with Gasteiger partial charge < -0.3 is 9.47 Å². The topological polar surface area (TPSA) is 59.1 Å². The molecule has 2 heterocycles. The van der Waals surface area contributed by atoms with Crippen LogP contribution >= 0.6 is 15.9 Å². The van der Waals surface area contributed by atoms with Gasteiger partial charge in [0.05, 0.1) is 31.5 Å². The molecule has 33 heavy (non-hydrogen) atoms. The van der Waals surface area contributed by atoms with Crippen LogP contribution in [0.1, 0.15) is 18.1 Å². The molecular weight excluding hydrogens is 505 g/mol. The molecule has 0 bridgehead atoms. The molecule has 2 aliphatic rings. The zero-order chi connectivity index (χ0) is 24.0. The second kappa shape index (κ2) is 8.40. The molecule has 0 aromatic heterocycles. The highest BCUT2D eigenvalue weighted by Gasteiger charge is 2.70. The number of rotatable bonds is 5. The van der Waals surface area contributed by atoms with Crippen LogP contribution in [0, 0.1) is 0 Å². The van der Waals surface area contributed by atoms with Crippen molar-refractivity contribution in [1.29, 1.82) is 0 Å². The van der Waals surface area contributed by atoms with Crippen LogP contribution in [0.4, 0.5) is 23.7 Å². The lowest BCUT2D eigenvalue weighted by molar-refractivity contribution is -0.212. The number of methoxy groups -OCH3 is 1. The van der Waals surface area contributed by atoms with Crippen molar-refractivity contribution >= 4 is 33.6 Å². The van der Waals surface area contributed by atoms with E-state index in [2.05, 4.69) is 15.9 Å². The molecule has 2 aromatic rings. The van der Waals surface area contributed by atoms with Crippen molar-refractivity contribution in [2.75, 3.05) is 25.2 Å². The molecule has 0 spiro atoms. The summed E-state index contributed by atoms with van der Waals surface area (Å²) < 4.78 is 55.1. The van der Waals surface area contributed by atoms with Crippen molar-refractivity contribution in [3.63, 3.8) is 0 Å². The maximum absolute atomic E-state index is 14.9. The Morgan fingerprint density at radius 1 is 1.18 bits per heavy atom. The Hall–Kier alpha value is -3.01. The van der Waals surface area contributed by atoms with E-state index in [1.807, 2.05) is 0 Å². The molecule has 174 valence electrons. The number of anilines is 1. The molecule has 0 saturated heterocycles. The molecule has 1 atom stereocenters. The first-order chi connectivity index (χ1) is 15.6. The van der Waals surface area contributed by atoms with Gasteiger partial charge >= 0.3 is 18.2 Å². The maximum Gasteiger partial charge on any atom is 0.420 e. The van der Waals surface area contributed by atoms with Gasteiger partial charge in [-0.05, 0) is 42.8 Å². The molecule has 10 heteroatoms. The van der Waals surface area contributed by atoms with Gasteiger partial charge in [-0.3, -0.25) is 9.80 Å². The van der Waals surface area contributed by atoms with Crippen molar-refractivity contribution < 1.29 is 32.2 Å². The fourth-order valence-electron chi connectivity index (χ4n) is 4.37. The minimum atomic E-state index is -4.97. The van der Waals surface area contributed by atoms with Crippen LogP contribution in [0.15, 0.2) is 58.6 Å². The van der Waals surface area contributed by atoms with E-state index >= 15 is 0 Å². The van der Waals surface area contributed by atoms with Crippen LogP contribution in [-0.2, 0) is 21.6 Å². The third-order valence-electron chi connectivity index (χ3n) is 5.78. The highest BCUT2D eigenvalue weighted by Crippen LogP contribution is 2.57. The van der Waals surface area contributed by atoms with E-state index in [0.29, 0.717) is 20.7 Å². The van der Waals surface area contributed by atoms with Crippen molar-refractivity contribution in [2.45, 2.75) is 25.2 Å². The molecule has 0 radical (unpaired) electrons. The Kier molecular flexibility index (Phi) is 5.90. The third-order valence-corrected chi connectivity index (χ3v) is 6.27. The molecule has 1 unspecified atom stereocenters. The fourth-order valence-corrected chi connectivity index (χ4v) is 4.73. The summed E-state index contributed by atoms with van der Waals surface area (Å²) >= 11 is 3.24. The summed E-state index contributed by atoms with van der Waals surface area (Å²) in [6.07, 6.45) is -3.84. The van der Waals surface area contributed by atoms with Crippen molar-refractivity contribution in [1.82, 2.24) is 4.90 Å². The minimum absolute atomic E-state index is 0.0383. The molecule has 2 aromatic carbocycles. The summed E-state index contributed by atoms with van der Waals surface area (Å²) in [7, 11) is 1.52. The summed E-state index contributed by atoms with van der Waals surface area (Å²) in [5, 5.41) is 0. The highest BCUT2D eigenvalue weighted by molar-refractivity contribution is 9.10. The van der Waals surface area contributed by atoms with Gasteiger partial charge in [0.1, 0.15) is 5.75 Å². The van der Waals surface area contributed by atoms with Gasteiger partial charge in [-0.1, -0.05) is 34.1 Å². The average Bonchev–Trinajstić information content (AvgIpc) is 3.20. The monoisotopic (exact) mass is 524 g/mol. The number of urea groups is 1. The number of hydrogen-bond acceptors (Lipinski definition) is 4. The number of carbonyl (C=O) groups excluding carboxylic acids is 2. The average molecular weight is 525 g/mol. The normalized spacial score (nSPS) is 19.7. The minimum Gasteiger partial charge on any atom is -0.497 e. The maximum atomic E-state index is 14.9. The van der Waals surface area contributed by atoms with Crippen LogP contribution in [-0.4, -0.2) is 43.3 Å². The van der Waals surface area contributed by atoms with Crippen molar-refractivity contribution in [3.8, 4) is 5.75 Å².